The van der Waals surface area contributed by atoms with E-state index in [1.54, 1.807) is 12.3 Å². The lowest BCUT2D eigenvalue weighted by atomic mass is 10.0. The van der Waals surface area contributed by atoms with E-state index in [2.05, 4.69) is 10.3 Å². The van der Waals surface area contributed by atoms with Gasteiger partial charge in [0.25, 0.3) is 11.6 Å². The molecule has 9 heteroatoms. The number of benzene rings is 1. The summed E-state index contributed by atoms with van der Waals surface area (Å²) in [7, 11) is 0. The minimum absolute atomic E-state index is 0.00812. The van der Waals surface area contributed by atoms with Crippen molar-refractivity contribution in [2.45, 2.75) is 64.7 Å². The molecule has 2 rings (SSSR count). The highest BCUT2D eigenvalue weighted by Crippen LogP contribution is 2.27. The van der Waals surface area contributed by atoms with E-state index in [1.165, 1.54) is 23.5 Å². The first-order valence-electron chi connectivity index (χ1n) is 10.0. The Balaban J connectivity index is 1.97. The van der Waals surface area contributed by atoms with Crippen LogP contribution < -0.4 is 5.32 Å². The van der Waals surface area contributed by atoms with Crippen molar-refractivity contribution < 1.29 is 19.6 Å². The third-order valence-corrected chi connectivity index (χ3v) is 5.90. The van der Waals surface area contributed by atoms with Crippen LogP contribution in [0.2, 0.25) is 0 Å². The summed E-state index contributed by atoms with van der Waals surface area (Å²) in [5, 5.41) is 23.2. The number of thiazole rings is 1. The highest BCUT2D eigenvalue weighted by Gasteiger charge is 2.17. The minimum atomic E-state index is -0.793. The van der Waals surface area contributed by atoms with Crippen LogP contribution in [0.3, 0.4) is 0 Å². The number of aromatic nitrogens is 1. The zero-order valence-electron chi connectivity index (χ0n) is 17.2. The first-order chi connectivity index (χ1) is 14.3. The molecule has 0 atom stereocenters. The molecular weight excluding hydrogens is 406 g/mol. The molecule has 0 aliphatic carbocycles. The van der Waals surface area contributed by atoms with Gasteiger partial charge in [-0.25, -0.2) is 4.98 Å². The smallest absolute Gasteiger partial charge is 0.303 e. The van der Waals surface area contributed by atoms with Crippen LogP contribution in [0.1, 0.15) is 79.1 Å². The number of nitrogens with zero attached hydrogens (tertiary/aromatic N) is 2. The summed E-state index contributed by atoms with van der Waals surface area (Å²) >= 11 is 1.41. The average molecular weight is 434 g/mol. The Kier molecular flexibility index (Phi) is 8.91. The number of unbranched alkanes of at least 4 members (excludes halogenated alkanes) is 4. The predicted molar refractivity (Wildman–Crippen MR) is 116 cm³/mol. The van der Waals surface area contributed by atoms with Crippen LogP contribution in [0.15, 0.2) is 24.4 Å². The summed E-state index contributed by atoms with van der Waals surface area (Å²) in [6, 6.07) is 4.41. The molecule has 1 heterocycles. The molecule has 162 valence electrons. The number of carbonyl (C=O) groups excluding carboxylic acids is 1. The summed E-state index contributed by atoms with van der Waals surface area (Å²) < 4.78 is 0. The van der Waals surface area contributed by atoms with Crippen molar-refractivity contribution >= 4 is 34.0 Å². The number of rotatable bonds is 12. The Bertz CT molecular complexity index is 895. The third kappa shape index (κ3) is 7.22. The Labute approximate surface area is 179 Å². The molecule has 0 fully saturated rings. The predicted octanol–water partition coefficient (Wildman–Crippen LogP) is 5.39. The van der Waals surface area contributed by atoms with E-state index in [4.69, 9.17) is 5.11 Å². The van der Waals surface area contributed by atoms with E-state index < -0.39 is 10.9 Å². The summed E-state index contributed by atoms with van der Waals surface area (Å²) in [6.45, 7) is 4.10. The average Bonchev–Trinajstić information content (AvgIpc) is 3.15. The van der Waals surface area contributed by atoms with Gasteiger partial charge in [0.2, 0.25) is 0 Å². The standard InChI is InChI=1S/C21H27N3O5S/c1-14(2)18-13-22-21(30-18)23-20(27)16-10-11-17(24(28)29)15(12-16)8-6-4-3-5-7-9-19(25)26/h10-14H,3-9H2,1-2H3,(H,25,26)(H,22,23,27). The molecule has 1 aromatic carbocycles. The lowest BCUT2D eigenvalue weighted by molar-refractivity contribution is -0.385. The number of aryl methyl sites for hydroxylation is 1. The number of carboxylic acid groups (broad SMARTS) is 1. The number of anilines is 1. The van der Waals surface area contributed by atoms with E-state index in [0.29, 0.717) is 35.0 Å². The first kappa shape index (κ1) is 23.5. The minimum Gasteiger partial charge on any atom is -0.481 e. The summed E-state index contributed by atoms with van der Waals surface area (Å²) in [6.07, 6.45) is 6.33. The number of carboxylic acids is 1. The van der Waals surface area contributed by atoms with Gasteiger partial charge in [-0.15, -0.1) is 11.3 Å². The summed E-state index contributed by atoms with van der Waals surface area (Å²) in [5.74, 6) is -0.813. The van der Waals surface area contributed by atoms with Crippen molar-refractivity contribution in [1.29, 1.82) is 0 Å². The molecule has 2 aromatic rings. The lowest BCUT2D eigenvalue weighted by Gasteiger charge is -2.07. The van der Waals surface area contributed by atoms with Gasteiger partial charge in [0, 0.05) is 34.7 Å². The monoisotopic (exact) mass is 433 g/mol. The fourth-order valence-electron chi connectivity index (χ4n) is 3.01. The van der Waals surface area contributed by atoms with Crippen LogP contribution in [0.4, 0.5) is 10.8 Å². The fraction of sp³-hybridized carbons (Fsp3) is 0.476. The molecule has 0 unspecified atom stereocenters. The van der Waals surface area contributed by atoms with Crippen LogP contribution in [0.5, 0.6) is 0 Å². The Morgan fingerprint density at radius 1 is 1.20 bits per heavy atom. The maximum absolute atomic E-state index is 12.6. The van der Waals surface area contributed by atoms with Gasteiger partial charge >= 0.3 is 5.97 Å². The highest BCUT2D eigenvalue weighted by atomic mass is 32.1. The van der Waals surface area contributed by atoms with Gasteiger partial charge in [-0.05, 0) is 37.3 Å². The third-order valence-electron chi connectivity index (χ3n) is 4.69. The summed E-state index contributed by atoms with van der Waals surface area (Å²) in [4.78, 5) is 39.3. The molecule has 30 heavy (non-hydrogen) atoms. The van der Waals surface area contributed by atoms with Crippen LogP contribution in [-0.4, -0.2) is 26.9 Å². The fourth-order valence-corrected chi connectivity index (χ4v) is 3.82. The second-order valence-electron chi connectivity index (χ2n) is 7.44. The van der Waals surface area contributed by atoms with Crippen molar-refractivity contribution in [3.8, 4) is 0 Å². The van der Waals surface area contributed by atoms with Gasteiger partial charge < -0.3 is 5.11 Å². The van der Waals surface area contributed by atoms with Gasteiger partial charge in [-0.2, -0.15) is 0 Å². The number of aliphatic carboxylic acids is 1. The van der Waals surface area contributed by atoms with Crippen LogP contribution in [0, 0.1) is 10.1 Å². The second-order valence-corrected chi connectivity index (χ2v) is 8.50. The van der Waals surface area contributed by atoms with Crippen LogP contribution in [0.25, 0.3) is 0 Å². The first-order valence-corrected chi connectivity index (χ1v) is 10.9. The maximum atomic E-state index is 12.6. The zero-order chi connectivity index (χ0) is 22.1. The number of hydrogen-bond donors (Lipinski definition) is 2. The van der Waals surface area contributed by atoms with Gasteiger partial charge in [0.15, 0.2) is 5.13 Å². The normalized spacial score (nSPS) is 10.9. The van der Waals surface area contributed by atoms with E-state index in [0.717, 1.165) is 30.6 Å². The second kappa shape index (κ2) is 11.4. The molecule has 0 spiro atoms. The van der Waals surface area contributed by atoms with Crippen molar-refractivity contribution in [3.63, 3.8) is 0 Å². The Morgan fingerprint density at radius 2 is 1.90 bits per heavy atom. The van der Waals surface area contributed by atoms with Gasteiger partial charge in [-0.1, -0.05) is 33.1 Å². The van der Waals surface area contributed by atoms with E-state index in [-0.39, 0.29) is 18.0 Å². The van der Waals surface area contributed by atoms with Gasteiger partial charge in [-0.3, -0.25) is 25.0 Å². The van der Waals surface area contributed by atoms with Crippen molar-refractivity contribution in [2.24, 2.45) is 0 Å². The quantitative estimate of drug-likeness (QED) is 0.263. The molecule has 0 bridgehead atoms. The highest BCUT2D eigenvalue weighted by molar-refractivity contribution is 7.15. The Hall–Kier alpha value is -2.81. The largest absolute Gasteiger partial charge is 0.481 e. The SMILES string of the molecule is CC(C)c1cnc(NC(=O)c2ccc([N+](=O)[O-])c(CCCCCCCC(=O)O)c2)s1. The van der Waals surface area contributed by atoms with Crippen LogP contribution in [-0.2, 0) is 11.2 Å². The van der Waals surface area contributed by atoms with E-state index in [9.17, 15) is 19.7 Å². The van der Waals surface area contributed by atoms with E-state index in [1.807, 2.05) is 13.8 Å². The number of carbonyl (C=O) groups is 2. The van der Waals surface area contributed by atoms with Crippen molar-refractivity contribution in [1.82, 2.24) is 4.98 Å². The molecule has 1 aromatic heterocycles. The zero-order valence-corrected chi connectivity index (χ0v) is 18.0. The number of nitrogens with one attached hydrogen (secondary N) is 1. The Morgan fingerprint density at radius 3 is 2.53 bits per heavy atom. The van der Waals surface area contributed by atoms with Crippen molar-refractivity contribution in [2.75, 3.05) is 5.32 Å². The molecule has 2 N–H and O–H groups in total. The molecule has 0 saturated heterocycles. The maximum Gasteiger partial charge on any atom is 0.303 e. The number of amides is 1. The molecule has 0 saturated carbocycles. The van der Waals surface area contributed by atoms with E-state index >= 15 is 0 Å². The van der Waals surface area contributed by atoms with Gasteiger partial charge in [0.1, 0.15) is 0 Å². The summed E-state index contributed by atoms with van der Waals surface area (Å²) in [5.41, 5.74) is 0.896. The number of nitro benzene ring substituents is 1. The topological polar surface area (TPSA) is 122 Å². The molecule has 0 aliphatic rings. The molecule has 8 nitrogen and oxygen atoms in total. The number of hydrogen-bond acceptors (Lipinski definition) is 6. The van der Waals surface area contributed by atoms with Gasteiger partial charge in [0.05, 0.1) is 4.92 Å². The molecule has 1 amide bonds. The number of nitro groups is 1. The molecule has 0 radical (unpaired) electrons. The lowest BCUT2D eigenvalue weighted by Crippen LogP contribution is -2.12. The van der Waals surface area contributed by atoms with Crippen molar-refractivity contribution in [3.05, 3.63) is 50.5 Å². The molecular formula is C21H27N3O5S. The molecule has 0 aliphatic heterocycles. The van der Waals surface area contributed by atoms with Crippen LogP contribution >= 0.6 is 11.3 Å².